The van der Waals surface area contributed by atoms with Crippen LogP contribution in [-0.2, 0) is 4.79 Å². The summed E-state index contributed by atoms with van der Waals surface area (Å²) in [6.45, 7) is 6.23. The van der Waals surface area contributed by atoms with E-state index in [0.29, 0.717) is 5.69 Å². The van der Waals surface area contributed by atoms with Crippen LogP contribution in [0, 0.1) is 18.2 Å². The molecule has 1 aliphatic heterocycles. The van der Waals surface area contributed by atoms with E-state index >= 15 is 0 Å². The first kappa shape index (κ1) is 20.7. The number of ether oxygens (including phenoxy) is 1. The van der Waals surface area contributed by atoms with Crippen molar-refractivity contribution in [3.8, 4) is 5.75 Å². The standard InChI is InChI=1S/C23H28FNO2S/c1-5-7-12-23(6-2)15-28-21-14-20(27-4)16(3)13-19(21)25(22(23)26)18-10-8-17(24)9-11-18/h8-11,13-14H,5-7,12,15H2,1-4H3. The molecular formula is C23H28FNO2S. The number of fused-ring (bicyclic) bond motifs is 1. The quantitative estimate of drug-likeness (QED) is 0.553. The van der Waals surface area contributed by atoms with Crippen LogP contribution in [-0.4, -0.2) is 18.8 Å². The molecule has 1 heterocycles. The summed E-state index contributed by atoms with van der Waals surface area (Å²) in [7, 11) is 1.66. The fourth-order valence-electron chi connectivity index (χ4n) is 3.76. The fraction of sp³-hybridized carbons (Fsp3) is 0.435. The van der Waals surface area contributed by atoms with Crippen LogP contribution in [0.5, 0.6) is 5.75 Å². The van der Waals surface area contributed by atoms with Crippen molar-refractivity contribution in [2.45, 2.75) is 51.3 Å². The molecule has 0 spiro atoms. The van der Waals surface area contributed by atoms with Gasteiger partial charge >= 0.3 is 0 Å². The van der Waals surface area contributed by atoms with E-state index in [9.17, 15) is 9.18 Å². The van der Waals surface area contributed by atoms with Crippen LogP contribution >= 0.6 is 11.8 Å². The summed E-state index contributed by atoms with van der Waals surface area (Å²) in [5.41, 5.74) is 2.09. The highest BCUT2D eigenvalue weighted by Gasteiger charge is 2.43. The summed E-state index contributed by atoms with van der Waals surface area (Å²) >= 11 is 1.72. The number of thioether (sulfide) groups is 1. The average Bonchev–Trinajstić information content (AvgIpc) is 2.81. The van der Waals surface area contributed by atoms with Crippen LogP contribution < -0.4 is 9.64 Å². The maximum atomic E-state index is 13.9. The Morgan fingerprint density at radius 3 is 2.54 bits per heavy atom. The number of hydrogen-bond donors (Lipinski definition) is 0. The largest absolute Gasteiger partial charge is 0.496 e. The van der Waals surface area contributed by atoms with Crippen molar-refractivity contribution in [1.29, 1.82) is 0 Å². The molecule has 0 aromatic heterocycles. The van der Waals surface area contributed by atoms with Crippen LogP contribution in [0.4, 0.5) is 15.8 Å². The first-order chi connectivity index (χ1) is 13.5. The Morgan fingerprint density at radius 1 is 1.21 bits per heavy atom. The van der Waals surface area contributed by atoms with Gasteiger partial charge in [-0.3, -0.25) is 9.69 Å². The molecule has 0 aliphatic carbocycles. The topological polar surface area (TPSA) is 29.5 Å². The molecule has 0 saturated carbocycles. The van der Waals surface area contributed by atoms with E-state index in [4.69, 9.17) is 4.74 Å². The summed E-state index contributed by atoms with van der Waals surface area (Å²) in [4.78, 5) is 16.7. The lowest BCUT2D eigenvalue weighted by molar-refractivity contribution is -0.126. The number of unbranched alkanes of at least 4 members (excludes halogenated alkanes) is 1. The molecule has 1 unspecified atom stereocenters. The van der Waals surface area contributed by atoms with Crippen LogP contribution in [0.15, 0.2) is 41.3 Å². The zero-order valence-electron chi connectivity index (χ0n) is 17.0. The second kappa shape index (κ2) is 8.56. The molecule has 1 aliphatic rings. The van der Waals surface area contributed by atoms with Crippen molar-refractivity contribution in [3.63, 3.8) is 0 Å². The lowest BCUT2D eigenvalue weighted by Crippen LogP contribution is -2.42. The van der Waals surface area contributed by atoms with E-state index in [1.54, 1.807) is 35.9 Å². The minimum Gasteiger partial charge on any atom is -0.496 e. The van der Waals surface area contributed by atoms with E-state index in [2.05, 4.69) is 13.8 Å². The highest BCUT2D eigenvalue weighted by atomic mass is 32.2. The monoisotopic (exact) mass is 401 g/mol. The fourth-order valence-corrected chi connectivity index (χ4v) is 5.15. The third kappa shape index (κ3) is 3.77. The molecule has 3 rings (SSSR count). The number of halogens is 1. The molecule has 5 heteroatoms. The van der Waals surface area contributed by atoms with Crippen molar-refractivity contribution >= 4 is 29.0 Å². The number of aryl methyl sites for hydroxylation is 1. The lowest BCUT2D eigenvalue weighted by Gasteiger charge is -2.34. The van der Waals surface area contributed by atoms with Gasteiger partial charge < -0.3 is 4.74 Å². The molecular weight excluding hydrogens is 373 g/mol. The molecule has 2 aromatic carbocycles. The maximum absolute atomic E-state index is 13.9. The minimum atomic E-state index is -0.435. The van der Waals surface area contributed by atoms with E-state index in [0.717, 1.165) is 53.3 Å². The molecule has 28 heavy (non-hydrogen) atoms. The zero-order chi connectivity index (χ0) is 20.3. The van der Waals surface area contributed by atoms with Crippen molar-refractivity contribution in [2.75, 3.05) is 17.8 Å². The number of methoxy groups -OCH3 is 1. The Balaban J connectivity index is 2.19. The Hall–Kier alpha value is -2.01. The predicted molar refractivity (Wildman–Crippen MR) is 114 cm³/mol. The number of nitrogens with zero attached hydrogens (tertiary/aromatic N) is 1. The third-order valence-corrected chi connectivity index (χ3v) is 6.98. The molecule has 3 nitrogen and oxygen atoms in total. The summed E-state index contributed by atoms with van der Waals surface area (Å²) in [5.74, 6) is 1.35. The molecule has 0 radical (unpaired) electrons. The van der Waals surface area contributed by atoms with Gasteiger partial charge in [-0.1, -0.05) is 26.7 Å². The number of benzene rings is 2. The minimum absolute atomic E-state index is 0.103. The van der Waals surface area contributed by atoms with Gasteiger partial charge in [0.25, 0.3) is 0 Å². The van der Waals surface area contributed by atoms with Crippen LogP contribution in [0.1, 0.15) is 45.1 Å². The lowest BCUT2D eigenvalue weighted by atomic mass is 9.80. The number of anilines is 2. The average molecular weight is 402 g/mol. The summed E-state index contributed by atoms with van der Waals surface area (Å²) in [6.07, 6.45) is 3.69. The first-order valence-electron chi connectivity index (χ1n) is 9.87. The Labute approximate surface area is 171 Å². The van der Waals surface area contributed by atoms with E-state index < -0.39 is 5.41 Å². The third-order valence-electron chi connectivity index (χ3n) is 5.65. The van der Waals surface area contributed by atoms with Gasteiger partial charge in [0.2, 0.25) is 5.91 Å². The van der Waals surface area contributed by atoms with Gasteiger partial charge in [0, 0.05) is 16.3 Å². The van der Waals surface area contributed by atoms with Gasteiger partial charge in [0.1, 0.15) is 11.6 Å². The Kier molecular flexibility index (Phi) is 6.33. The Morgan fingerprint density at radius 2 is 1.93 bits per heavy atom. The number of amides is 1. The van der Waals surface area contributed by atoms with Crippen molar-refractivity contribution in [1.82, 2.24) is 0 Å². The van der Waals surface area contributed by atoms with Gasteiger partial charge in [0.05, 0.1) is 18.2 Å². The van der Waals surface area contributed by atoms with E-state index in [-0.39, 0.29) is 11.7 Å². The summed E-state index contributed by atoms with van der Waals surface area (Å²) < 4.78 is 19.1. The molecule has 0 saturated heterocycles. The molecule has 150 valence electrons. The van der Waals surface area contributed by atoms with Crippen molar-refractivity contribution < 1.29 is 13.9 Å². The normalized spacial score (nSPS) is 19.3. The molecule has 2 aromatic rings. The van der Waals surface area contributed by atoms with Gasteiger partial charge in [-0.25, -0.2) is 4.39 Å². The summed E-state index contributed by atoms with van der Waals surface area (Å²) in [6, 6.07) is 10.2. The molecule has 0 bridgehead atoms. The number of carbonyl (C=O) groups is 1. The van der Waals surface area contributed by atoms with Gasteiger partial charge in [0.15, 0.2) is 0 Å². The number of carbonyl (C=O) groups excluding carboxylic acids is 1. The zero-order valence-corrected chi connectivity index (χ0v) is 17.9. The van der Waals surface area contributed by atoms with Crippen molar-refractivity contribution in [2.24, 2.45) is 5.41 Å². The predicted octanol–water partition coefficient (Wildman–Crippen LogP) is 6.50. The van der Waals surface area contributed by atoms with Crippen LogP contribution in [0.3, 0.4) is 0 Å². The van der Waals surface area contributed by atoms with Gasteiger partial charge in [-0.05, 0) is 61.7 Å². The maximum Gasteiger partial charge on any atom is 0.238 e. The number of rotatable bonds is 6. The number of hydrogen-bond acceptors (Lipinski definition) is 3. The van der Waals surface area contributed by atoms with Crippen LogP contribution in [0.2, 0.25) is 0 Å². The smallest absolute Gasteiger partial charge is 0.238 e. The highest BCUT2D eigenvalue weighted by molar-refractivity contribution is 7.99. The van der Waals surface area contributed by atoms with E-state index in [1.807, 2.05) is 19.1 Å². The summed E-state index contributed by atoms with van der Waals surface area (Å²) in [5, 5.41) is 0. The van der Waals surface area contributed by atoms with Gasteiger partial charge in [-0.2, -0.15) is 0 Å². The highest BCUT2D eigenvalue weighted by Crippen LogP contribution is 2.49. The molecule has 1 amide bonds. The second-order valence-corrected chi connectivity index (χ2v) is 8.45. The Bertz CT molecular complexity index is 852. The van der Waals surface area contributed by atoms with Gasteiger partial charge in [-0.15, -0.1) is 11.8 Å². The van der Waals surface area contributed by atoms with Crippen molar-refractivity contribution in [3.05, 3.63) is 47.8 Å². The molecule has 0 N–H and O–H groups in total. The SMILES string of the molecule is CCCCC1(CC)CSc2cc(OC)c(C)cc2N(c2ccc(F)cc2)C1=O. The molecule has 0 fully saturated rings. The second-order valence-electron chi connectivity index (χ2n) is 7.43. The van der Waals surface area contributed by atoms with Crippen LogP contribution in [0.25, 0.3) is 0 Å². The first-order valence-corrected chi connectivity index (χ1v) is 10.9. The van der Waals surface area contributed by atoms with E-state index in [1.165, 1.54) is 12.1 Å². The molecule has 1 atom stereocenters.